The number of amides is 1. The van der Waals surface area contributed by atoms with E-state index in [0.717, 1.165) is 44.5 Å². The first-order valence-electron chi connectivity index (χ1n) is 7.27. The highest BCUT2D eigenvalue weighted by Gasteiger charge is 2.18. The van der Waals surface area contributed by atoms with Gasteiger partial charge < -0.3 is 10.6 Å². The molecule has 1 aromatic heterocycles. The van der Waals surface area contributed by atoms with E-state index in [-0.39, 0.29) is 11.9 Å². The van der Waals surface area contributed by atoms with Crippen LogP contribution in [0.1, 0.15) is 43.4 Å². The average Bonchev–Trinajstić information content (AvgIpc) is 2.68. The van der Waals surface area contributed by atoms with Crippen molar-refractivity contribution in [3.05, 3.63) is 17.5 Å². The molecule has 5 heteroatoms. The van der Waals surface area contributed by atoms with Crippen LogP contribution in [0.2, 0.25) is 0 Å². The number of nitrogens with one attached hydrogen (secondary N) is 3. The van der Waals surface area contributed by atoms with E-state index in [1.165, 1.54) is 18.4 Å². The Balaban J connectivity index is 1.64. The molecule has 1 fully saturated rings. The molecular formula is C14H24N4O. The molecule has 2 rings (SSSR count). The topological polar surface area (TPSA) is 69.8 Å². The maximum Gasteiger partial charge on any atom is 0.237 e. The summed E-state index contributed by atoms with van der Waals surface area (Å²) >= 11 is 0. The molecule has 1 unspecified atom stereocenters. The second-order valence-electron chi connectivity index (χ2n) is 5.27. The molecule has 0 radical (unpaired) electrons. The Morgan fingerprint density at radius 2 is 2.37 bits per heavy atom. The van der Waals surface area contributed by atoms with E-state index in [0.29, 0.717) is 0 Å². The second kappa shape index (κ2) is 7.28. The van der Waals surface area contributed by atoms with Crippen molar-refractivity contribution < 1.29 is 4.79 Å². The van der Waals surface area contributed by atoms with E-state index in [1.807, 2.05) is 13.1 Å². The minimum absolute atomic E-state index is 0.0122. The molecule has 106 valence electrons. The molecule has 0 aliphatic carbocycles. The van der Waals surface area contributed by atoms with E-state index in [4.69, 9.17) is 0 Å². The highest BCUT2D eigenvalue weighted by molar-refractivity contribution is 5.81. The molecule has 1 aliphatic rings. The van der Waals surface area contributed by atoms with Crippen LogP contribution in [-0.4, -0.2) is 35.2 Å². The van der Waals surface area contributed by atoms with E-state index in [1.54, 1.807) is 0 Å². The first-order valence-corrected chi connectivity index (χ1v) is 7.27. The van der Waals surface area contributed by atoms with Crippen molar-refractivity contribution in [2.45, 2.75) is 51.5 Å². The fraction of sp³-hybridized carbons (Fsp3) is 0.714. The molecule has 2 heterocycles. The Labute approximate surface area is 114 Å². The normalized spacial score (nSPS) is 19.9. The van der Waals surface area contributed by atoms with Crippen LogP contribution in [0.3, 0.4) is 0 Å². The number of nitrogens with zero attached hydrogens (tertiary/aromatic N) is 1. The van der Waals surface area contributed by atoms with Gasteiger partial charge in [0.05, 0.1) is 12.2 Å². The van der Waals surface area contributed by atoms with Crippen LogP contribution in [0.25, 0.3) is 0 Å². The largest absolute Gasteiger partial charge is 0.355 e. The zero-order valence-corrected chi connectivity index (χ0v) is 11.7. The van der Waals surface area contributed by atoms with Gasteiger partial charge in [-0.2, -0.15) is 5.10 Å². The SMILES string of the molecule is Cc1[nH]ncc1CCCNC(=O)C1CCCCCN1. The average molecular weight is 264 g/mol. The van der Waals surface area contributed by atoms with Crippen molar-refractivity contribution in [2.75, 3.05) is 13.1 Å². The monoisotopic (exact) mass is 264 g/mol. The third-order valence-corrected chi connectivity index (χ3v) is 3.73. The standard InChI is InChI=1S/C14H24N4O/c1-11-12(10-17-18-11)6-5-9-16-14(19)13-7-3-2-4-8-15-13/h10,13,15H,2-9H2,1H3,(H,16,19)(H,17,18). The quantitative estimate of drug-likeness (QED) is 0.702. The van der Waals surface area contributed by atoms with Crippen LogP contribution in [0.5, 0.6) is 0 Å². The summed E-state index contributed by atoms with van der Waals surface area (Å²) in [5.41, 5.74) is 2.36. The third-order valence-electron chi connectivity index (χ3n) is 3.73. The molecular weight excluding hydrogens is 240 g/mol. The Bertz CT molecular complexity index is 394. The van der Waals surface area contributed by atoms with Crippen LogP contribution in [0, 0.1) is 6.92 Å². The molecule has 19 heavy (non-hydrogen) atoms. The lowest BCUT2D eigenvalue weighted by atomic mass is 10.1. The molecule has 1 saturated heterocycles. The van der Waals surface area contributed by atoms with Crippen molar-refractivity contribution >= 4 is 5.91 Å². The van der Waals surface area contributed by atoms with Crippen molar-refractivity contribution in [2.24, 2.45) is 0 Å². The van der Waals surface area contributed by atoms with E-state index < -0.39 is 0 Å². The summed E-state index contributed by atoms with van der Waals surface area (Å²) in [5, 5.41) is 13.3. The summed E-state index contributed by atoms with van der Waals surface area (Å²) in [6.45, 7) is 3.73. The number of rotatable bonds is 5. The maximum absolute atomic E-state index is 12.0. The third kappa shape index (κ3) is 4.35. The Morgan fingerprint density at radius 1 is 1.47 bits per heavy atom. The summed E-state index contributed by atoms with van der Waals surface area (Å²) in [7, 11) is 0. The van der Waals surface area contributed by atoms with Crippen molar-refractivity contribution in [3.63, 3.8) is 0 Å². The van der Waals surface area contributed by atoms with Crippen LogP contribution in [0.4, 0.5) is 0 Å². The minimum Gasteiger partial charge on any atom is -0.355 e. The number of hydrogen-bond acceptors (Lipinski definition) is 3. The Hall–Kier alpha value is -1.36. The van der Waals surface area contributed by atoms with Gasteiger partial charge in [0.2, 0.25) is 5.91 Å². The van der Waals surface area contributed by atoms with Gasteiger partial charge in [0, 0.05) is 12.2 Å². The van der Waals surface area contributed by atoms with Gasteiger partial charge in [-0.1, -0.05) is 12.8 Å². The van der Waals surface area contributed by atoms with Crippen molar-refractivity contribution in [1.29, 1.82) is 0 Å². The predicted octanol–water partition coefficient (Wildman–Crippen LogP) is 1.30. The summed E-state index contributed by atoms with van der Waals surface area (Å²) in [6, 6.07) is 0.0122. The minimum atomic E-state index is 0.0122. The second-order valence-corrected chi connectivity index (χ2v) is 5.27. The van der Waals surface area contributed by atoms with Crippen molar-refractivity contribution in [3.8, 4) is 0 Å². The molecule has 0 aromatic carbocycles. The number of hydrogen-bond donors (Lipinski definition) is 3. The van der Waals surface area contributed by atoms with Gasteiger partial charge in [-0.25, -0.2) is 0 Å². The molecule has 1 aliphatic heterocycles. The molecule has 3 N–H and O–H groups in total. The van der Waals surface area contributed by atoms with E-state index in [9.17, 15) is 4.79 Å². The maximum atomic E-state index is 12.0. The number of aryl methyl sites for hydroxylation is 2. The van der Waals surface area contributed by atoms with Gasteiger partial charge in [-0.3, -0.25) is 9.89 Å². The van der Waals surface area contributed by atoms with Crippen LogP contribution in [0.15, 0.2) is 6.20 Å². The summed E-state index contributed by atoms with van der Waals surface area (Å²) < 4.78 is 0. The summed E-state index contributed by atoms with van der Waals surface area (Å²) in [6.07, 6.45) is 8.32. The molecule has 0 bridgehead atoms. The number of aromatic amines is 1. The first kappa shape index (κ1) is 14.1. The van der Waals surface area contributed by atoms with Gasteiger partial charge in [0.25, 0.3) is 0 Å². The highest BCUT2D eigenvalue weighted by Crippen LogP contribution is 2.08. The van der Waals surface area contributed by atoms with Crippen LogP contribution >= 0.6 is 0 Å². The zero-order chi connectivity index (χ0) is 13.5. The molecule has 1 aromatic rings. The Morgan fingerprint density at radius 3 is 3.16 bits per heavy atom. The predicted molar refractivity (Wildman–Crippen MR) is 74.9 cm³/mol. The van der Waals surface area contributed by atoms with E-state index in [2.05, 4.69) is 20.8 Å². The molecule has 1 amide bonds. The van der Waals surface area contributed by atoms with E-state index >= 15 is 0 Å². The molecule has 0 spiro atoms. The number of carbonyl (C=O) groups is 1. The van der Waals surface area contributed by atoms with Gasteiger partial charge in [-0.05, 0) is 44.7 Å². The number of H-pyrrole nitrogens is 1. The lowest BCUT2D eigenvalue weighted by molar-refractivity contribution is -0.123. The number of aromatic nitrogens is 2. The molecule has 1 atom stereocenters. The van der Waals surface area contributed by atoms with Crippen LogP contribution < -0.4 is 10.6 Å². The number of carbonyl (C=O) groups excluding carboxylic acids is 1. The van der Waals surface area contributed by atoms with Gasteiger partial charge in [0.15, 0.2) is 0 Å². The highest BCUT2D eigenvalue weighted by atomic mass is 16.2. The Kier molecular flexibility index (Phi) is 5.39. The van der Waals surface area contributed by atoms with Gasteiger partial charge >= 0.3 is 0 Å². The summed E-state index contributed by atoms with van der Waals surface area (Å²) in [4.78, 5) is 12.0. The summed E-state index contributed by atoms with van der Waals surface area (Å²) in [5.74, 6) is 0.158. The van der Waals surface area contributed by atoms with Gasteiger partial charge in [-0.15, -0.1) is 0 Å². The lowest BCUT2D eigenvalue weighted by Crippen LogP contribution is -2.44. The molecule has 0 saturated carbocycles. The molecule has 5 nitrogen and oxygen atoms in total. The smallest absolute Gasteiger partial charge is 0.237 e. The van der Waals surface area contributed by atoms with Crippen molar-refractivity contribution in [1.82, 2.24) is 20.8 Å². The van der Waals surface area contributed by atoms with Crippen LogP contribution in [-0.2, 0) is 11.2 Å². The van der Waals surface area contributed by atoms with Gasteiger partial charge in [0.1, 0.15) is 0 Å². The first-order chi connectivity index (χ1) is 9.27. The zero-order valence-electron chi connectivity index (χ0n) is 11.7. The fourth-order valence-electron chi connectivity index (χ4n) is 2.49. The fourth-order valence-corrected chi connectivity index (χ4v) is 2.49. The lowest BCUT2D eigenvalue weighted by Gasteiger charge is -2.15.